The lowest BCUT2D eigenvalue weighted by Gasteiger charge is -2.33. The van der Waals surface area contributed by atoms with Gasteiger partial charge in [0.1, 0.15) is 18.1 Å². The number of anilines is 1. The van der Waals surface area contributed by atoms with Crippen LogP contribution in [0.1, 0.15) is 42.9 Å². The number of aryl methyl sites for hydroxylation is 1. The summed E-state index contributed by atoms with van der Waals surface area (Å²) < 4.78 is 1.59. The van der Waals surface area contributed by atoms with E-state index >= 15 is 0 Å². The van der Waals surface area contributed by atoms with Crippen molar-refractivity contribution < 1.29 is 9.59 Å². The molecule has 1 aliphatic carbocycles. The summed E-state index contributed by atoms with van der Waals surface area (Å²) in [5, 5.41) is 11.6. The van der Waals surface area contributed by atoms with Gasteiger partial charge in [0.2, 0.25) is 11.8 Å². The zero-order valence-electron chi connectivity index (χ0n) is 19.8. The minimum atomic E-state index is -0.804. The van der Waals surface area contributed by atoms with Gasteiger partial charge in [0.15, 0.2) is 0 Å². The summed E-state index contributed by atoms with van der Waals surface area (Å²) in [6, 6.07) is 24.0. The van der Waals surface area contributed by atoms with E-state index in [4.69, 9.17) is 0 Å². The van der Waals surface area contributed by atoms with Crippen LogP contribution in [-0.2, 0) is 16.1 Å². The largest absolute Gasteiger partial charge is 0.351 e. The first-order chi connectivity index (χ1) is 17.1. The lowest BCUT2D eigenvalue weighted by molar-refractivity contribution is -0.127. The second-order valence-electron chi connectivity index (χ2n) is 9.08. The van der Waals surface area contributed by atoms with Crippen LogP contribution in [-0.4, -0.2) is 32.9 Å². The number of amides is 2. The predicted octanol–water partition coefficient (Wildman–Crippen LogP) is 4.57. The number of hydrogen-bond donors (Lipinski definition) is 1. The standard InChI is InChI=1S/C28H29N5O2/c1-20-11-5-8-16-23(20)27(28(35)29-21-12-6-7-13-21)33(22-14-3-2-4-15-22)26(34)19-32-25-18-10-9-17-24(25)30-31-32/h2-5,8-11,14-18,21,27H,6-7,12-13,19H2,1H3,(H,29,35)/t27-/m1/s1. The highest BCUT2D eigenvalue weighted by molar-refractivity contribution is 6.01. The molecule has 1 fully saturated rings. The van der Waals surface area contributed by atoms with E-state index in [1.165, 1.54) is 0 Å². The fourth-order valence-corrected chi connectivity index (χ4v) is 4.91. The van der Waals surface area contributed by atoms with Gasteiger partial charge in [-0.25, -0.2) is 4.68 Å². The molecule has 1 saturated carbocycles. The van der Waals surface area contributed by atoms with Crippen molar-refractivity contribution in [2.75, 3.05) is 4.90 Å². The molecule has 0 radical (unpaired) electrons. The molecule has 0 spiro atoms. The van der Waals surface area contributed by atoms with Crippen molar-refractivity contribution in [3.05, 3.63) is 90.0 Å². The Balaban J connectivity index is 1.56. The second-order valence-corrected chi connectivity index (χ2v) is 9.08. The Labute approximate surface area is 204 Å². The molecule has 0 saturated heterocycles. The van der Waals surface area contributed by atoms with E-state index in [0.717, 1.165) is 47.8 Å². The average molecular weight is 468 g/mol. The number of nitrogens with zero attached hydrogens (tertiary/aromatic N) is 4. The summed E-state index contributed by atoms with van der Waals surface area (Å²) in [6.07, 6.45) is 4.16. The molecular formula is C28H29N5O2. The highest BCUT2D eigenvalue weighted by atomic mass is 16.2. The highest BCUT2D eigenvalue weighted by Crippen LogP contribution is 2.31. The third-order valence-corrected chi connectivity index (χ3v) is 6.70. The molecule has 1 atom stereocenters. The Kier molecular flexibility index (Phi) is 6.57. The summed E-state index contributed by atoms with van der Waals surface area (Å²) >= 11 is 0. The molecule has 1 N–H and O–H groups in total. The molecule has 2 amide bonds. The van der Waals surface area contributed by atoms with Gasteiger partial charge in [-0.1, -0.05) is 72.7 Å². The zero-order valence-corrected chi connectivity index (χ0v) is 19.8. The zero-order chi connectivity index (χ0) is 24.2. The molecule has 0 bridgehead atoms. The number of aromatic nitrogens is 3. The molecule has 0 aliphatic heterocycles. The highest BCUT2D eigenvalue weighted by Gasteiger charge is 2.35. The summed E-state index contributed by atoms with van der Waals surface area (Å²) in [6.45, 7) is 1.94. The third-order valence-electron chi connectivity index (χ3n) is 6.70. The van der Waals surface area contributed by atoms with Crippen molar-refractivity contribution in [1.82, 2.24) is 20.3 Å². The van der Waals surface area contributed by atoms with Crippen LogP contribution < -0.4 is 10.2 Å². The first-order valence-electron chi connectivity index (χ1n) is 12.1. The van der Waals surface area contributed by atoms with Crippen LogP contribution in [0.25, 0.3) is 11.0 Å². The minimum absolute atomic E-state index is 0.0332. The molecule has 4 aromatic rings. The summed E-state index contributed by atoms with van der Waals surface area (Å²) in [5.74, 6) is -0.395. The van der Waals surface area contributed by atoms with Crippen molar-refractivity contribution >= 4 is 28.5 Å². The fraction of sp³-hybridized carbons (Fsp3) is 0.286. The topological polar surface area (TPSA) is 80.1 Å². The Morgan fingerprint density at radius 3 is 2.43 bits per heavy atom. The van der Waals surface area contributed by atoms with E-state index in [9.17, 15) is 9.59 Å². The van der Waals surface area contributed by atoms with Crippen LogP contribution in [0.4, 0.5) is 5.69 Å². The Morgan fingerprint density at radius 1 is 0.971 bits per heavy atom. The molecule has 35 heavy (non-hydrogen) atoms. The van der Waals surface area contributed by atoms with Crippen LogP contribution in [0.15, 0.2) is 78.9 Å². The molecule has 0 unspecified atom stereocenters. The monoisotopic (exact) mass is 467 g/mol. The summed E-state index contributed by atoms with van der Waals surface area (Å²) in [5.41, 5.74) is 3.93. The number of carbonyl (C=O) groups excluding carboxylic acids is 2. The van der Waals surface area contributed by atoms with Gasteiger partial charge in [-0.2, -0.15) is 0 Å². The van der Waals surface area contributed by atoms with Gasteiger partial charge >= 0.3 is 0 Å². The number of carbonyl (C=O) groups is 2. The van der Waals surface area contributed by atoms with E-state index in [0.29, 0.717) is 5.69 Å². The molecule has 1 heterocycles. The van der Waals surface area contributed by atoms with Crippen LogP contribution >= 0.6 is 0 Å². The van der Waals surface area contributed by atoms with E-state index in [1.807, 2.05) is 85.8 Å². The predicted molar refractivity (Wildman–Crippen MR) is 136 cm³/mol. The third kappa shape index (κ3) is 4.80. The molecular weight excluding hydrogens is 438 g/mol. The number of hydrogen-bond acceptors (Lipinski definition) is 4. The van der Waals surface area contributed by atoms with E-state index in [1.54, 1.807) is 9.58 Å². The lowest BCUT2D eigenvalue weighted by Crippen LogP contribution is -2.47. The van der Waals surface area contributed by atoms with Gasteiger partial charge in [-0.05, 0) is 55.2 Å². The Bertz CT molecular complexity index is 1330. The number of benzene rings is 3. The lowest BCUT2D eigenvalue weighted by atomic mass is 9.97. The number of para-hydroxylation sites is 2. The van der Waals surface area contributed by atoms with Crippen molar-refractivity contribution in [2.24, 2.45) is 0 Å². The van der Waals surface area contributed by atoms with Crippen LogP contribution in [0.5, 0.6) is 0 Å². The molecule has 7 nitrogen and oxygen atoms in total. The van der Waals surface area contributed by atoms with Gasteiger partial charge in [-0.15, -0.1) is 5.10 Å². The first-order valence-corrected chi connectivity index (χ1v) is 12.1. The van der Waals surface area contributed by atoms with Gasteiger partial charge in [0, 0.05) is 11.7 Å². The van der Waals surface area contributed by atoms with Gasteiger partial charge in [0.25, 0.3) is 0 Å². The van der Waals surface area contributed by atoms with Gasteiger partial charge in [-0.3, -0.25) is 14.5 Å². The molecule has 5 rings (SSSR count). The fourth-order valence-electron chi connectivity index (χ4n) is 4.91. The first kappa shape index (κ1) is 22.8. The molecule has 1 aliphatic rings. The summed E-state index contributed by atoms with van der Waals surface area (Å²) in [7, 11) is 0. The van der Waals surface area contributed by atoms with Crippen LogP contribution in [0.2, 0.25) is 0 Å². The molecule has 1 aromatic heterocycles. The van der Waals surface area contributed by atoms with E-state index in [2.05, 4.69) is 15.6 Å². The second kappa shape index (κ2) is 10.1. The smallest absolute Gasteiger partial charge is 0.249 e. The molecule has 178 valence electrons. The maximum Gasteiger partial charge on any atom is 0.249 e. The van der Waals surface area contributed by atoms with Crippen molar-refractivity contribution in [3.8, 4) is 0 Å². The van der Waals surface area contributed by atoms with Gasteiger partial charge in [0.05, 0.1) is 5.52 Å². The van der Waals surface area contributed by atoms with Crippen molar-refractivity contribution in [1.29, 1.82) is 0 Å². The Hall–Kier alpha value is -4.00. The van der Waals surface area contributed by atoms with E-state index < -0.39 is 6.04 Å². The average Bonchev–Trinajstić information content (AvgIpc) is 3.54. The molecule has 3 aromatic carbocycles. The van der Waals surface area contributed by atoms with Crippen molar-refractivity contribution in [2.45, 2.75) is 51.2 Å². The SMILES string of the molecule is Cc1ccccc1[C@H](C(=O)NC1CCCC1)N(C(=O)Cn1nnc2ccccc21)c1ccccc1. The number of nitrogens with one attached hydrogen (secondary N) is 1. The van der Waals surface area contributed by atoms with Crippen LogP contribution in [0, 0.1) is 6.92 Å². The van der Waals surface area contributed by atoms with E-state index in [-0.39, 0.29) is 24.4 Å². The maximum atomic E-state index is 14.0. The normalized spacial score (nSPS) is 14.7. The van der Waals surface area contributed by atoms with Gasteiger partial charge < -0.3 is 5.32 Å². The van der Waals surface area contributed by atoms with Crippen molar-refractivity contribution in [3.63, 3.8) is 0 Å². The van der Waals surface area contributed by atoms with Crippen LogP contribution in [0.3, 0.4) is 0 Å². The minimum Gasteiger partial charge on any atom is -0.351 e. The maximum absolute atomic E-state index is 14.0. The Morgan fingerprint density at radius 2 is 1.66 bits per heavy atom. The summed E-state index contributed by atoms with van der Waals surface area (Å²) in [4.78, 5) is 29.4. The molecule has 7 heteroatoms. The number of rotatable bonds is 7. The number of fused-ring (bicyclic) bond motifs is 1. The quantitative estimate of drug-likeness (QED) is 0.432.